The molecular formula is C18H21FN4O. The van der Waals surface area contributed by atoms with Crippen molar-refractivity contribution in [2.75, 3.05) is 12.3 Å². The van der Waals surface area contributed by atoms with Crippen LogP contribution in [0.2, 0.25) is 0 Å². The second kappa shape index (κ2) is 6.02. The van der Waals surface area contributed by atoms with Crippen molar-refractivity contribution in [1.29, 1.82) is 0 Å². The minimum atomic E-state index is -0.277. The van der Waals surface area contributed by atoms with E-state index in [1.54, 1.807) is 16.7 Å². The van der Waals surface area contributed by atoms with Gasteiger partial charge in [0.1, 0.15) is 5.82 Å². The van der Waals surface area contributed by atoms with Gasteiger partial charge in [-0.15, -0.1) is 0 Å². The van der Waals surface area contributed by atoms with Gasteiger partial charge in [-0.1, -0.05) is 18.6 Å². The Labute approximate surface area is 139 Å². The second-order valence-electron chi connectivity index (χ2n) is 6.68. The lowest BCUT2D eigenvalue weighted by Gasteiger charge is -2.36. The molecule has 126 valence electrons. The number of nitrogens with zero attached hydrogens (tertiary/aromatic N) is 2. The Morgan fingerprint density at radius 2 is 2.04 bits per heavy atom. The molecule has 0 bridgehead atoms. The SMILES string of the molecule is Nc1nc2c(c(=O)n1C(c1ccc(F)cc1)C1CCC1)CCNC2. The number of nitrogen functional groups attached to an aromatic ring is 1. The van der Waals surface area contributed by atoms with Crippen molar-refractivity contribution in [2.45, 2.75) is 38.3 Å². The number of nitrogens with two attached hydrogens (primary N) is 1. The molecule has 4 rings (SSSR count). The van der Waals surface area contributed by atoms with E-state index in [1.807, 2.05) is 0 Å². The van der Waals surface area contributed by atoms with E-state index in [-0.39, 0.29) is 23.4 Å². The molecule has 2 aromatic rings. The largest absolute Gasteiger partial charge is 0.369 e. The van der Waals surface area contributed by atoms with Gasteiger partial charge in [-0.2, -0.15) is 0 Å². The highest BCUT2D eigenvalue weighted by Gasteiger charge is 2.33. The summed E-state index contributed by atoms with van der Waals surface area (Å²) >= 11 is 0. The van der Waals surface area contributed by atoms with Gasteiger partial charge in [-0.25, -0.2) is 9.37 Å². The van der Waals surface area contributed by atoms with Crippen LogP contribution in [-0.2, 0) is 13.0 Å². The maximum Gasteiger partial charge on any atom is 0.259 e. The number of benzene rings is 1. The molecule has 1 aromatic carbocycles. The standard InChI is InChI=1S/C18H21FN4O/c19-13-6-4-12(5-7-13)16(11-2-1-3-11)23-17(24)14-8-9-21-10-15(14)22-18(23)20/h4-7,11,16,21H,1-3,8-10H2,(H2,20,22). The average Bonchev–Trinajstić information content (AvgIpc) is 2.53. The zero-order valence-electron chi connectivity index (χ0n) is 13.5. The van der Waals surface area contributed by atoms with Crippen molar-refractivity contribution in [1.82, 2.24) is 14.9 Å². The highest BCUT2D eigenvalue weighted by molar-refractivity contribution is 5.33. The molecule has 1 aliphatic carbocycles. The summed E-state index contributed by atoms with van der Waals surface area (Å²) in [6.45, 7) is 1.36. The van der Waals surface area contributed by atoms with E-state index in [4.69, 9.17) is 5.73 Å². The summed E-state index contributed by atoms with van der Waals surface area (Å²) in [5.41, 5.74) is 8.58. The van der Waals surface area contributed by atoms with E-state index in [2.05, 4.69) is 10.3 Å². The fourth-order valence-electron chi connectivity index (χ4n) is 3.77. The summed E-state index contributed by atoms with van der Waals surface area (Å²) in [7, 11) is 0. The Morgan fingerprint density at radius 3 is 2.71 bits per heavy atom. The maximum atomic E-state index is 13.3. The topological polar surface area (TPSA) is 72.9 Å². The molecule has 6 heteroatoms. The van der Waals surface area contributed by atoms with Gasteiger partial charge in [0.15, 0.2) is 0 Å². The molecule has 1 unspecified atom stereocenters. The van der Waals surface area contributed by atoms with Crippen LogP contribution in [-0.4, -0.2) is 16.1 Å². The monoisotopic (exact) mass is 328 g/mol. The maximum absolute atomic E-state index is 13.3. The fourth-order valence-corrected chi connectivity index (χ4v) is 3.77. The molecule has 1 saturated carbocycles. The normalized spacial score (nSPS) is 18.7. The molecule has 0 amide bonds. The van der Waals surface area contributed by atoms with E-state index < -0.39 is 0 Å². The summed E-state index contributed by atoms with van der Waals surface area (Å²) < 4.78 is 15.0. The molecule has 1 fully saturated rings. The molecule has 5 nitrogen and oxygen atoms in total. The number of hydrogen-bond donors (Lipinski definition) is 2. The molecule has 2 heterocycles. The van der Waals surface area contributed by atoms with Gasteiger partial charge in [0.25, 0.3) is 5.56 Å². The number of rotatable bonds is 3. The zero-order valence-corrected chi connectivity index (χ0v) is 13.5. The smallest absolute Gasteiger partial charge is 0.259 e. The Bertz CT molecular complexity index is 811. The van der Waals surface area contributed by atoms with Crippen molar-refractivity contribution in [3.05, 3.63) is 57.3 Å². The molecule has 1 aromatic heterocycles. The molecule has 1 aliphatic heterocycles. The van der Waals surface area contributed by atoms with E-state index in [0.717, 1.165) is 42.6 Å². The van der Waals surface area contributed by atoms with Crippen LogP contribution in [0.3, 0.4) is 0 Å². The third kappa shape index (κ3) is 2.51. The molecule has 1 atom stereocenters. The Kier molecular flexibility index (Phi) is 3.84. The highest BCUT2D eigenvalue weighted by Crippen LogP contribution is 2.40. The van der Waals surface area contributed by atoms with Gasteiger partial charge in [0.2, 0.25) is 5.95 Å². The van der Waals surface area contributed by atoms with E-state index in [0.29, 0.717) is 18.9 Å². The molecular weight excluding hydrogens is 307 g/mol. The molecule has 0 radical (unpaired) electrons. The Balaban J connectivity index is 1.86. The third-order valence-corrected chi connectivity index (χ3v) is 5.25. The van der Waals surface area contributed by atoms with Crippen molar-refractivity contribution in [2.24, 2.45) is 5.92 Å². The van der Waals surface area contributed by atoms with Crippen LogP contribution in [0.5, 0.6) is 0 Å². The van der Waals surface area contributed by atoms with Crippen LogP contribution in [0.15, 0.2) is 29.1 Å². The first-order valence-electron chi connectivity index (χ1n) is 8.51. The van der Waals surface area contributed by atoms with Gasteiger partial charge >= 0.3 is 0 Å². The molecule has 3 N–H and O–H groups in total. The first-order valence-corrected chi connectivity index (χ1v) is 8.51. The van der Waals surface area contributed by atoms with Crippen molar-refractivity contribution in [3.8, 4) is 0 Å². The average molecular weight is 328 g/mol. The van der Waals surface area contributed by atoms with Crippen LogP contribution in [0.25, 0.3) is 0 Å². The van der Waals surface area contributed by atoms with Crippen molar-refractivity contribution in [3.63, 3.8) is 0 Å². The summed E-state index contributed by atoms with van der Waals surface area (Å²) in [6, 6.07) is 6.23. The number of fused-ring (bicyclic) bond motifs is 1. The molecule has 0 saturated heterocycles. The lowest BCUT2D eigenvalue weighted by atomic mass is 9.77. The Hall–Kier alpha value is -2.21. The van der Waals surface area contributed by atoms with E-state index >= 15 is 0 Å². The quantitative estimate of drug-likeness (QED) is 0.904. The van der Waals surface area contributed by atoms with Gasteiger partial charge in [-0.05, 0) is 49.4 Å². The van der Waals surface area contributed by atoms with Crippen molar-refractivity contribution < 1.29 is 4.39 Å². The number of halogens is 1. The summed E-state index contributed by atoms with van der Waals surface area (Å²) in [6.07, 6.45) is 3.92. The van der Waals surface area contributed by atoms with Crippen LogP contribution in [0, 0.1) is 11.7 Å². The lowest BCUT2D eigenvalue weighted by molar-refractivity contribution is 0.234. The van der Waals surface area contributed by atoms with Gasteiger partial charge in [-0.3, -0.25) is 9.36 Å². The van der Waals surface area contributed by atoms with Crippen LogP contribution in [0.4, 0.5) is 10.3 Å². The van der Waals surface area contributed by atoms with E-state index in [9.17, 15) is 9.18 Å². The number of hydrogen-bond acceptors (Lipinski definition) is 4. The minimum Gasteiger partial charge on any atom is -0.369 e. The molecule has 24 heavy (non-hydrogen) atoms. The highest BCUT2D eigenvalue weighted by atomic mass is 19.1. The number of aromatic nitrogens is 2. The van der Waals surface area contributed by atoms with Crippen molar-refractivity contribution >= 4 is 5.95 Å². The predicted molar refractivity (Wildman–Crippen MR) is 90.2 cm³/mol. The fraction of sp³-hybridized carbons (Fsp3) is 0.444. The number of anilines is 1. The molecule has 0 spiro atoms. The van der Waals surface area contributed by atoms with Gasteiger partial charge < -0.3 is 11.1 Å². The van der Waals surface area contributed by atoms with E-state index in [1.165, 1.54) is 12.1 Å². The van der Waals surface area contributed by atoms with Crippen LogP contribution in [0.1, 0.15) is 42.1 Å². The second-order valence-corrected chi connectivity index (χ2v) is 6.68. The Morgan fingerprint density at radius 1 is 1.29 bits per heavy atom. The first kappa shape index (κ1) is 15.3. The predicted octanol–water partition coefficient (Wildman–Crippen LogP) is 2.00. The van der Waals surface area contributed by atoms with Crippen LogP contribution >= 0.6 is 0 Å². The first-order chi connectivity index (χ1) is 11.6. The zero-order chi connectivity index (χ0) is 16.7. The summed E-state index contributed by atoms with van der Waals surface area (Å²) in [4.78, 5) is 17.6. The molecule has 2 aliphatic rings. The summed E-state index contributed by atoms with van der Waals surface area (Å²) in [5.74, 6) is 0.321. The third-order valence-electron chi connectivity index (χ3n) is 5.25. The summed E-state index contributed by atoms with van der Waals surface area (Å²) in [5, 5.41) is 3.22. The lowest BCUT2D eigenvalue weighted by Crippen LogP contribution is -2.40. The van der Waals surface area contributed by atoms with Gasteiger partial charge in [0, 0.05) is 12.1 Å². The number of nitrogens with one attached hydrogen (secondary N) is 1. The van der Waals surface area contributed by atoms with Gasteiger partial charge in [0.05, 0.1) is 11.7 Å². The minimum absolute atomic E-state index is 0.0415. The van der Waals surface area contributed by atoms with Crippen LogP contribution < -0.4 is 16.6 Å².